The SMILES string of the molecule is CCC1CN(c2ccc(F)c(Cl)c2)C(CC)CN1. The summed E-state index contributed by atoms with van der Waals surface area (Å²) >= 11 is 5.88. The van der Waals surface area contributed by atoms with Crippen LogP contribution in [-0.4, -0.2) is 25.2 Å². The average molecular weight is 271 g/mol. The maximum absolute atomic E-state index is 13.2. The third kappa shape index (κ3) is 2.78. The lowest BCUT2D eigenvalue weighted by Crippen LogP contribution is -2.56. The van der Waals surface area contributed by atoms with Gasteiger partial charge in [0, 0.05) is 30.9 Å². The molecule has 0 saturated carbocycles. The number of nitrogens with one attached hydrogen (secondary N) is 1. The molecule has 1 aliphatic rings. The lowest BCUT2D eigenvalue weighted by Gasteiger charge is -2.41. The number of piperazine rings is 1. The maximum Gasteiger partial charge on any atom is 0.141 e. The molecule has 1 aromatic rings. The molecule has 1 saturated heterocycles. The first-order valence-corrected chi connectivity index (χ1v) is 6.98. The summed E-state index contributed by atoms with van der Waals surface area (Å²) in [6.07, 6.45) is 2.17. The third-order valence-corrected chi connectivity index (χ3v) is 3.99. The van der Waals surface area contributed by atoms with Crippen LogP contribution in [0.1, 0.15) is 26.7 Å². The molecule has 0 aliphatic carbocycles. The van der Waals surface area contributed by atoms with E-state index < -0.39 is 0 Å². The Morgan fingerprint density at radius 3 is 2.78 bits per heavy atom. The normalized spacial score (nSPS) is 24.3. The summed E-state index contributed by atoms with van der Waals surface area (Å²) in [7, 11) is 0. The molecule has 0 amide bonds. The minimum absolute atomic E-state index is 0.203. The minimum atomic E-state index is -0.351. The number of nitrogens with zero attached hydrogens (tertiary/aromatic N) is 1. The fourth-order valence-corrected chi connectivity index (χ4v) is 2.66. The Balaban J connectivity index is 2.23. The fraction of sp³-hybridized carbons (Fsp3) is 0.571. The van der Waals surface area contributed by atoms with Crippen molar-refractivity contribution in [3.05, 3.63) is 29.0 Å². The van der Waals surface area contributed by atoms with Crippen LogP contribution in [0.2, 0.25) is 5.02 Å². The molecule has 2 atom stereocenters. The number of anilines is 1. The molecule has 1 fully saturated rings. The van der Waals surface area contributed by atoms with E-state index in [0.717, 1.165) is 31.6 Å². The van der Waals surface area contributed by atoms with Crippen molar-refractivity contribution in [2.75, 3.05) is 18.0 Å². The predicted molar refractivity (Wildman–Crippen MR) is 74.9 cm³/mol. The number of hydrogen-bond acceptors (Lipinski definition) is 2. The molecule has 1 aromatic carbocycles. The van der Waals surface area contributed by atoms with Crippen molar-refractivity contribution >= 4 is 17.3 Å². The maximum atomic E-state index is 13.2. The molecule has 4 heteroatoms. The summed E-state index contributed by atoms with van der Waals surface area (Å²) in [5, 5.41) is 3.75. The van der Waals surface area contributed by atoms with Gasteiger partial charge in [-0.25, -0.2) is 4.39 Å². The largest absolute Gasteiger partial charge is 0.366 e. The van der Waals surface area contributed by atoms with Gasteiger partial charge in [-0.05, 0) is 31.0 Å². The van der Waals surface area contributed by atoms with Gasteiger partial charge in [-0.15, -0.1) is 0 Å². The zero-order valence-corrected chi connectivity index (χ0v) is 11.7. The van der Waals surface area contributed by atoms with Crippen molar-refractivity contribution in [1.82, 2.24) is 5.32 Å². The Morgan fingerprint density at radius 1 is 1.39 bits per heavy atom. The van der Waals surface area contributed by atoms with Gasteiger partial charge in [0.15, 0.2) is 0 Å². The van der Waals surface area contributed by atoms with Crippen LogP contribution in [0.15, 0.2) is 18.2 Å². The molecule has 2 nitrogen and oxygen atoms in total. The molecule has 2 rings (SSSR count). The summed E-state index contributed by atoms with van der Waals surface area (Å²) in [6, 6.07) is 5.96. The summed E-state index contributed by atoms with van der Waals surface area (Å²) < 4.78 is 13.2. The second kappa shape index (κ2) is 5.89. The molecule has 2 unspecified atom stereocenters. The van der Waals surface area contributed by atoms with Crippen molar-refractivity contribution in [2.24, 2.45) is 0 Å². The number of hydrogen-bond donors (Lipinski definition) is 1. The van der Waals surface area contributed by atoms with Gasteiger partial charge < -0.3 is 10.2 Å². The molecule has 100 valence electrons. The summed E-state index contributed by atoms with van der Waals surface area (Å²) in [5.41, 5.74) is 1.02. The lowest BCUT2D eigenvalue weighted by molar-refractivity contribution is 0.379. The Morgan fingerprint density at radius 2 is 2.17 bits per heavy atom. The Kier molecular flexibility index (Phi) is 4.46. The quantitative estimate of drug-likeness (QED) is 0.905. The van der Waals surface area contributed by atoms with E-state index in [2.05, 4.69) is 24.1 Å². The first-order chi connectivity index (χ1) is 8.65. The predicted octanol–water partition coefficient (Wildman–Crippen LogP) is 3.45. The fourth-order valence-electron chi connectivity index (χ4n) is 2.48. The van der Waals surface area contributed by atoms with Crippen molar-refractivity contribution in [1.29, 1.82) is 0 Å². The van der Waals surface area contributed by atoms with Crippen LogP contribution in [0.25, 0.3) is 0 Å². The van der Waals surface area contributed by atoms with E-state index in [-0.39, 0.29) is 10.8 Å². The molecule has 0 aromatic heterocycles. The van der Waals surface area contributed by atoms with Crippen LogP contribution >= 0.6 is 11.6 Å². The van der Waals surface area contributed by atoms with Gasteiger partial charge in [0.2, 0.25) is 0 Å². The topological polar surface area (TPSA) is 15.3 Å². The van der Waals surface area contributed by atoms with Gasteiger partial charge in [-0.3, -0.25) is 0 Å². The summed E-state index contributed by atoms with van der Waals surface area (Å²) in [6.45, 7) is 6.29. The lowest BCUT2D eigenvalue weighted by atomic mass is 10.0. The van der Waals surface area contributed by atoms with Crippen LogP contribution < -0.4 is 10.2 Å². The van der Waals surface area contributed by atoms with E-state index in [0.29, 0.717) is 12.1 Å². The third-order valence-electron chi connectivity index (χ3n) is 3.70. The minimum Gasteiger partial charge on any atom is -0.366 e. The number of rotatable bonds is 3. The first-order valence-electron chi connectivity index (χ1n) is 6.60. The highest BCUT2D eigenvalue weighted by atomic mass is 35.5. The van der Waals surface area contributed by atoms with E-state index in [1.807, 2.05) is 6.07 Å². The monoisotopic (exact) mass is 270 g/mol. The highest BCUT2D eigenvalue weighted by Crippen LogP contribution is 2.26. The van der Waals surface area contributed by atoms with Crippen molar-refractivity contribution < 1.29 is 4.39 Å². The molecule has 0 spiro atoms. The second-order valence-electron chi connectivity index (χ2n) is 4.83. The van der Waals surface area contributed by atoms with Crippen molar-refractivity contribution in [3.8, 4) is 0 Å². The van der Waals surface area contributed by atoms with Crippen LogP contribution in [0.4, 0.5) is 10.1 Å². The van der Waals surface area contributed by atoms with Crippen LogP contribution in [0.3, 0.4) is 0 Å². The van der Waals surface area contributed by atoms with Crippen molar-refractivity contribution in [2.45, 2.75) is 38.8 Å². The molecule has 1 aliphatic heterocycles. The standard InChI is InChI=1S/C14H20ClFN2/c1-3-10-9-18(11(4-2)8-17-10)12-5-6-14(16)13(15)7-12/h5-7,10-11,17H,3-4,8-9H2,1-2H3. The van der Waals surface area contributed by atoms with E-state index >= 15 is 0 Å². The highest BCUT2D eigenvalue weighted by molar-refractivity contribution is 6.31. The molecule has 1 heterocycles. The average Bonchev–Trinajstić information content (AvgIpc) is 2.41. The van der Waals surface area contributed by atoms with Crippen LogP contribution in [-0.2, 0) is 0 Å². The number of benzene rings is 1. The molecule has 0 bridgehead atoms. The smallest absolute Gasteiger partial charge is 0.141 e. The zero-order chi connectivity index (χ0) is 13.1. The van der Waals surface area contributed by atoms with Gasteiger partial charge in [-0.2, -0.15) is 0 Å². The molecular weight excluding hydrogens is 251 g/mol. The Labute approximate surface area is 113 Å². The highest BCUT2D eigenvalue weighted by Gasteiger charge is 2.26. The van der Waals surface area contributed by atoms with E-state index in [1.54, 1.807) is 6.07 Å². The summed E-state index contributed by atoms with van der Waals surface area (Å²) in [4.78, 5) is 2.34. The van der Waals surface area contributed by atoms with Gasteiger partial charge in [0.25, 0.3) is 0 Å². The zero-order valence-electron chi connectivity index (χ0n) is 10.9. The Hall–Kier alpha value is -0.800. The van der Waals surface area contributed by atoms with E-state index in [9.17, 15) is 4.39 Å². The molecule has 18 heavy (non-hydrogen) atoms. The van der Waals surface area contributed by atoms with Gasteiger partial charge in [-0.1, -0.05) is 25.4 Å². The Bertz CT molecular complexity index is 411. The van der Waals surface area contributed by atoms with Crippen LogP contribution in [0.5, 0.6) is 0 Å². The van der Waals surface area contributed by atoms with Crippen molar-refractivity contribution in [3.63, 3.8) is 0 Å². The van der Waals surface area contributed by atoms with Gasteiger partial charge >= 0.3 is 0 Å². The van der Waals surface area contributed by atoms with Crippen LogP contribution in [0, 0.1) is 5.82 Å². The summed E-state index contributed by atoms with van der Waals surface area (Å²) in [5.74, 6) is -0.351. The van der Waals surface area contributed by atoms with E-state index in [4.69, 9.17) is 11.6 Å². The van der Waals surface area contributed by atoms with Gasteiger partial charge in [0.05, 0.1) is 5.02 Å². The molecule has 1 N–H and O–H groups in total. The second-order valence-corrected chi connectivity index (χ2v) is 5.23. The number of halogens is 2. The molecule has 0 radical (unpaired) electrons. The first kappa shape index (κ1) is 13.6. The van der Waals surface area contributed by atoms with Gasteiger partial charge in [0.1, 0.15) is 5.82 Å². The molecular formula is C14H20ClFN2. The van der Waals surface area contributed by atoms with E-state index in [1.165, 1.54) is 6.07 Å².